The van der Waals surface area contributed by atoms with Crippen molar-refractivity contribution in [2.75, 3.05) is 0 Å². The molecule has 5 heavy (non-hydrogen) atoms. The van der Waals surface area contributed by atoms with Gasteiger partial charge in [0.25, 0.3) is 0 Å². The van der Waals surface area contributed by atoms with Crippen LogP contribution in [0.5, 0.6) is 0 Å². The van der Waals surface area contributed by atoms with Crippen LogP contribution in [0.25, 0.3) is 0 Å². The van der Waals surface area contributed by atoms with Gasteiger partial charge in [-0.2, -0.15) is 13.5 Å². The molecule has 0 rings (SSSR count). The third kappa shape index (κ3) is 18.6. The predicted octanol–water partition coefficient (Wildman–Crippen LogP) is -0.717. The van der Waals surface area contributed by atoms with Gasteiger partial charge in [0.05, 0.1) is 0 Å². The van der Waals surface area contributed by atoms with E-state index in [1.165, 1.54) is 0 Å². The van der Waals surface area contributed by atoms with Crippen LogP contribution in [0.4, 0.5) is 0 Å². The molecule has 2 N–H and O–H groups in total. The Hall–Kier alpha value is 3.44. The molecule has 0 saturated carbocycles. The minimum absolute atomic E-state index is 0. The van der Waals surface area contributed by atoms with E-state index in [1.807, 2.05) is 0 Å². The molecule has 5 heteroatoms. The number of rotatable bonds is 0. The smallest absolute Gasteiger partial charge is 0 e. The van der Waals surface area contributed by atoms with Crippen molar-refractivity contribution < 1.29 is 102 Å². The fourth-order valence-corrected chi connectivity index (χ4v) is 0. The van der Waals surface area contributed by atoms with E-state index in [0.717, 1.165) is 0 Å². The first kappa shape index (κ1) is 39.5. The third-order valence-corrected chi connectivity index (χ3v) is 0. The maximum absolute atomic E-state index is 0. The van der Waals surface area contributed by atoms with Gasteiger partial charge in [-0.1, -0.05) is 0 Å². The quantitative estimate of drug-likeness (QED) is 0.496. The number of hydrogen-bond acceptors (Lipinski definition) is 0. The normalized spacial score (nSPS) is 0. The zero-order valence-corrected chi connectivity index (χ0v) is 13.2. The summed E-state index contributed by atoms with van der Waals surface area (Å²) in [4.78, 5) is 0. The molecule has 0 aliphatic carbocycles. The molecule has 0 heterocycles. The summed E-state index contributed by atoms with van der Waals surface area (Å²) < 4.78 is 0. The van der Waals surface area contributed by atoms with Gasteiger partial charge in [-0.3, -0.25) is 0 Å². The third-order valence-electron chi connectivity index (χ3n) is 0. The van der Waals surface area contributed by atoms with Gasteiger partial charge in [0.2, 0.25) is 0 Å². The summed E-state index contributed by atoms with van der Waals surface area (Å²) in [5.74, 6) is 0. The van der Waals surface area contributed by atoms with E-state index < -0.39 is 0 Å². The predicted molar refractivity (Wildman–Crippen MR) is 14.0 cm³/mol. The van der Waals surface area contributed by atoms with E-state index in [1.54, 1.807) is 0 Å². The van der Waals surface area contributed by atoms with Gasteiger partial charge in [0, 0.05) is 96.2 Å². The van der Waals surface area contributed by atoms with Crippen LogP contribution in [-0.2, 0) is 46.8 Å². The molecule has 0 atom stereocenters. The molecule has 0 aromatic carbocycles. The molecule has 27 valence electrons. The van der Waals surface area contributed by atoms with Gasteiger partial charge in [-0.05, 0) is 0 Å². The summed E-state index contributed by atoms with van der Waals surface area (Å²) in [5.41, 5.74) is 0. The Balaban J connectivity index is 0. The molecule has 0 bridgehead atoms. The first-order valence-corrected chi connectivity index (χ1v) is 0. The van der Waals surface area contributed by atoms with Gasteiger partial charge >= 0.3 is 0 Å². The van der Waals surface area contributed by atoms with E-state index in [2.05, 4.69) is 0 Å². The molecule has 0 spiro atoms. The van der Waals surface area contributed by atoms with Crippen molar-refractivity contribution in [2.24, 2.45) is 0 Å². The van der Waals surface area contributed by atoms with Crippen molar-refractivity contribution in [1.29, 1.82) is 0 Å². The molecule has 1 nitrogen and oxygen atoms in total. The number of hydrogen-bond donors (Lipinski definition) is 0. The molecule has 0 fully saturated rings. The Morgan fingerprint density at radius 3 is 1.00 bits per heavy atom. The Morgan fingerprint density at radius 2 is 1.00 bits per heavy atom. The van der Waals surface area contributed by atoms with Gasteiger partial charge in [-0.25, -0.2) is 0 Å². The first-order valence-electron chi connectivity index (χ1n) is 0. The van der Waals surface area contributed by atoms with Crippen LogP contribution < -0.4 is 0 Å². The summed E-state index contributed by atoms with van der Waals surface area (Å²) >= 11 is 0. The zero-order valence-electron chi connectivity index (χ0n) is 2.79. The van der Waals surface area contributed by atoms with Crippen LogP contribution in [0.3, 0.4) is 0 Å². The van der Waals surface area contributed by atoms with E-state index >= 15 is 0 Å². The maximum atomic E-state index is 0. The average Bonchev–Trinajstić information content (AvgIpc) is 0. The fraction of sp³-hybridized carbons (Fsp3) is 0. The minimum atomic E-state index is 0. The second-order valence-corrected chi connectivity index (χ2v) is 0. The van der Waals surface area contributed by atoms with Crippen molar-refractivity contribution in [1.82, 2.24) is 0 Å². The summed E-state index contributed by atoms with van der Waals surface area (Å²) in [6, 6.07) is 0. The van der Waals surface area contributed by atoms with Crippen LogP contribution >= 0.6 is 13.5 Å². The Morgan fingerprint density at radius 1 is 1.00 bits per heavy atom. The monoisotopic (exact) mass is 383 g/mol. The average molecular weight is 382 g/mol. The van der Waals surface area contributed by atoms with Crippen LogP contribution in [0, 0.1) is 49.4 Å². The van der Waals surface area contributed by atoms with Crippen molar-refractivity contribution in [3.05, 3.63) is 0 Å². The molecule has 0 aliphatic rings. The van der Waals surface area contributed by atoms with Crippen LogP contribution in [0.15, 0.2) is 0 Å². The Bertz CT molecular complexity index is 11.6. The SMILES string of the molecule is O.S.[Cd].[Eu].[Zn]. The molecule has 0 aromatic rings. The molecule has 0 aliphatic heterocycles. The fourth-order valence-electron chi connectivity index (χ4n) is 0. The van der Waals surface area contributed by atoms with Crippen LogP contribution in [0.1, 0.15) is 0 Å². The van der Waals surface area contributed by atoms with Gasteiger partial charge in [-0.15, -0.1) is 0 Å². The van der Waals surface area contributed by atoms with Crippen molar-refractivity contribution in [3.63, 3.8) is 0 Å². The van der Waals surface area contributed by atoms with Gasteiger partial charge in [0.1, 0.15) is 0 Å². The van der Waals surface area contributed by atoms with Crippen LogP contribution in [0.2, 0.25) is 0 Å². The van der Waals surface area contributed by atoms with E-state index in [0.29, 0.717) is 0 Å². The van der Waals surface area contributed by atoms with E-state index in [-0.39, 0.29) is 115 Å². The second-order valence-electron chi connectivity index (χ2n) is 0. The minimum Gasteiger partial charge on any atom is -0.412 e. The molecule has 0 aromatic heterocycles. The summed E-state index contributed by atoms with van der Waals surface area (Å²) in [6.45, 7) is 0. The zero-order chi connectivity index (χ0) is 0. The first-order chi connectivity index (χ1) is 0. The Kier molecular flexibility index (Phi) is 206. The largest absolute Gasteiger partial charge is 0.412 e. The van der Waals surface area contributed by atoms with E-state index in [4.69, 9.17) is 0 Å². The molecule has 0 saturated heterocycles. The van der Waals surface area contributed by atoms with Crippen molar-refractivity contribution >= 4 is 13.5 Å². The molecule has 1 radical (unpaired) electrons. The molecular formula is H4CdEuOSZn. The van der Waals surface area contributed by atoms with Gasteiger partial charge in [0.15, 0.2) is 0 Å². The van der Waals surface area contributed by atoms with Crippen LogP contribution in [-0.4, -0.2) is 5.48 Å². The summed E-state index contributed by atoms with van der Waals surface area (Å²) in [5, 5.41) is 0. The van der Waals surface area contributed by atoms with Crippen molar-refractivity contribution in [2.45, 2.75) is 0 Å². The topological polar surface area (TPSA) is 31.5 Å². The Labute approximate surface area is 112 Å². The van der Waals surface area contributed by atoms with Crippen molar-refractivity contribution in [3.8, 4) is 0 Å². The molecule has 0 unspecified atom stereocenters. The second kappa shape index (κ2) is 26.1. The molecule has 0 amide bonds. The standard InChI is InChI=1S/Cd.Eu.H2O.H2S.Zn/h;;2*1H2;. The maximum Gasteiger partial charge on any atom is 0 e. The summed E-state index contributed by atoms with van der Waals surface area (Å²) in [6.07, 6.45) is 0. The summed E-state index contributed by atoms with van der Waals surface area (Å²) in [7, 11) is 0. The van der Waals surface area contributed by atoms with E-state index in [9.17, 15) is 0 Å². The van der Waals surface area contributed by atoms with Gasteiger partial charge < -0.3 is 5.48 Å². The molecular weight excluding hydrogens is 378 g/mol.